The van der Waals surface area contributed by atoms with Crippen LogP contribution < -0.4 is 5.73 Å². The van der Waals surface area contributed by atoms with E-state index in [0.717, 1.165) is 37.1 Å². The minimum absolute atomic E-state index is 0.0301. The van der Waals surface area contributed by atoms with Gasteiger partial charge in [0.25, 0.3) is 0 Å². The van der Waals surface area contributed by atoms with Gasteiger partial charge in [0.15, 0.2) is 11.9 Å². The fourth-order valence-electron chi connectivity index (χ4n) is 9.60. The number of nitrogens with zero attached hydrogens (tertiary/aromatic N) is 7. The molecule has 7 rings (SSSR count). The van der Waals surface area contributed by atoms with Gasteiger partial charge in [-0.25, -0.2) is 0 Å². The number of amides is 2. The Morgan fingerprint density at radius 2 is 0.948 bits per heavy atom. The largest absolute Gasteiger partial charge is 0.416 e. The molecule has 24 heteroatoms. The normalized spacial score (nSPS) is 17.0. The van der Waals surface area contributed by atoms with Gasteiger partial charge in [0.05, 0.1) is 34.7 Å². The highest BCUT2D eigenvalue weighted by atomic mass is 19.4. The molecule has 3 saturated heterocycles. The third-order valence-corrected chi connectivity index (χ3v) is 13.9. The second-order valence-electron chi connectivity index (χ2n) is 19.3. The fourth-order valence-corrected chi connectivity index (χ4v) is 9.60. The summed E-state index contributed by atoms with van der Waals surface area (Å²) < 4.78 is 159. The lowest BCUT2D eigenvalue weighted by molar-refractivity contribution is -0.144. The average molecular weight is 1100 g/mol. The van der Waals surface area contributed by atoms with Crippen LogP contribution in [0.3, 0.4) is 0 Å². The van der Waals surface area contributed by atoms with E-state index in [1.54, 1.807) is 4.90 Å². The summed E-state index contributed by atoms with van der Waals surface area (Å²) >= 11 is 0. The van der Waals surface area contributed by atoms with Gasteiger partial charge < -0.3 is 30.2 Å². The molecule has 420 valence electrons. The number of benzene rings is 4. The number of likely N-dealkylation sites (N-methyl/N-ethyl adjacent to an activating group) is 2. The second-order valence-corrected chi connectivity index (χ2v) is 19.3. The van der Waals surface area contributed by atoms with Crippen molar-refractivity contribution in [1.82, 2.24) is 34.3 Å². The van der Waals surface area contributed by atoms with Gasteiger partial charge in [-0.1, -0.05) is 60.7 Å². The monoisotopic (exact) mass is 1100 g/mol. The van der Waals surface area contributed by atoms with Gasteiger partial charge in [-0.2, -0.15) is 52.7 Å². The standard InChI is InChI=1S/C29H35F6N5O.C24H27F6N5O/c1-37(13-10-21-18-23(28(30,31)32)20-24(19-21)29(33,34)35)26(41)25(22-8-4-2-5-9-22)38-14-16-40(17-15-38)27(36)39-11-6-3-7-12-39;1-33(21(36)13-16-11-18(23(25,26)27)14-19(12-16)24(28,29)30)15-20(17-5-3-2-4-6-17)34-7-9-35(10-8-34)22(31)32/h2,4-5,8-9,18-20,25,36H,3,6-7,10-17H2,1H3;2-6,11-12,14,20H,7-10,13,15H2,1H3,(H3,31,32). The number of rotatable bonds is 12. The molecule has 0 spiro atoms. The lowest BCUT2D eigenvalue weighted by atomic mass is 10.0. The first-order valence-corrected chi connectivity index (χ1v) is 24.9. The number of likely N-dealkylation sites (tertiary alicyclic amines) is 1. The molecule has 0 aromatic heterocycles. The number of piperidine rings is 1. The van der Waals surface area contributed by atoms with Crippen molar-refractivity contribution in [3.63, 3.8) is 0 Å². The van der Waals surface area contributed by atoms with Gasteiger partial charge in [0.2, 0.25) is 11.8 Å². The van der Waals surface area contributed by atoms with Crippen LogP contribution in [0.4, 0.5) is 52.7 Å². The minimum atomic E-state index is -4.98. The summed E-state index contributed by atoms with van der Waals surface area (Å²) in [4.78, 5) is 39.3. The van der Waals surface area contributed by atoms with Crippen LogP contribution in [0.15, 0.2) is 97.1 Å². The summed E-state index contributed by atoms with van der Waals surface area (Å²) in [5.74, 6) is -0.426. The van der Waals surface area contributed by atoms with E-state index in [4.69, 9.17) is 16.6 Å². The Morgan fingerprint density at radius 1 is 0.532 bits per heavy atom. The van der Waals surface area contributed by atoms with Crippen LogP contribution in [0, 0.1) is 10.8 Å². The molecule has 4 aromatic carbocycles. The van der Waals surface area contributed by atoms with Crippen LogP contribution in [0.5, 0.6) is 0 Å². The summed E-state index contributed by atoms with van der Waals surface area (Å²) in [6.07, 6.45) is -17.3. The summed E-state index contributed by atoms with van der Waals surface area (Å²) in [6, 6.07) is 20.2. The molecule has 0 bridgehead atoms. The number of nitrogens with two attached hydrogens (primary N) is 1. The van der Waals surface area contributed by atoms with Crippen LogP contribution in [-0.4, -0.2) is 151 Å². The molecular formula is C53H62F12N10O2. The first-order valence-electron chi connectivity index (χ1n) is 24.9. The van der Waals surface area contributed by atoms with Crippen LogP contribution >= 0.6 is 0 Å². The van der Waals surface area contributed by atoms with Crippen molar-refractivity contribution >= 4 is 23.7 Å². The average Bonchev–Trinajstić information content (AvgIpc) is 3.39. The second kappa shape index (κ2) is 25.3. The minimum Gasteiger partial charge on any atom is -0.370 e. The molecule has 0 aliphatic carbocycles. The first kappa shape index (κ1) is 59.7. The highest BCUT2D eigenvalue weighted by Gasteiger charge is 2.40. The number of halogens is 12. The number of piperazine rings is 2. The molecule has 12 nitrogen and oxygen atoms in total. The van der Waals surface area contributed by atoms with E-state index >= 15 is 0 Å². The van der Waals surface area contributed by atoms with E-state index in [1.807, 2.05) is 70.5 Å². The number of carbonyl (C=O) groups is 2. The van der Waals surface area contributed by atoms with Crippen LogP contribution in [-0.2, 0) is 47.1 Å². The molecule has 3 heterocycles. The molecule has 77 heavy (non-hydrogen) atoms. The van der Waals surface area contributed by atoms with Crippen LogP contribution in [0.1, 0.15) is 75.9 Å². The number of hydrogen-bond acceptors (Lipinski definition) is 6. The zero-order valence-electron chi connectivity index (χ0n) is 42.5. The molecule has 2 unspecified atom stereocenters. The Morgan fingerprint density at radius 3 is 1.40 bits per heavy atom. The van der Waals surface area contributed by atoms with Crippen molar-refractivity contribution in [2.24, 2.45) is 5.73 Å². The predicted molar refractivity (Wildman–Crippen MR) is 265 cm³/mol. The SMILES string of the molecule is CN(CC(c1ccccc1)N1CCN(C(=N)N)CC1)C(=O)Cc1cc(C(F)(F)F)cc(C(F)(F)F)c1.CN(CCc1cc(C(F)(F)F)cc(C(F)(F)F)c1)C(=O)C(c1ccccc1)N1CCN(C(=N)N2CCCCC2)CC1. The molecule has 2 atom stereocenters. The highest BCUT2D eigenvalue weighted by molar-refractivity contribution is 5.83. The number of carbonyl (C=O) groups excluding carboxylic acids is 2. The zero-order chi connectivity index (χ0) is 56.5. The van der Waals surface area contributed by atoms with Crippen LogP contribution in [0.25, 0.3) is 0 Å². The quantitative estimate of drug-likeness (QED) is 0.0728. The maximum atomic E-state index is 13.7. The Balaban J connectivity index is 0.000000252. The van der Waals surface area contributed by atoms with Crippen molar-refractivity contribution in [3.8, 4) is 0 Å². The zero-order valence-corrected chi connectivity index (χ0v) is 42.5. The van der Waals surface area contributed by atoms with E-state index < -0.39 is 65.3 Å². The van der Waals surface area contributed by atoms with E-state index in [2.05, 4.69) is 9.80 Å². The van der Waals surface area contributed by atoms with Crippen molar-refractivity contribution in [2.45, 2.75) is 68.9 Å². The lowest BCUT2D eigenvalue weighted by Gasteiger charge is -2.43. The molecule has 4 N–H and O–H groups in total. The first-order chi connectivity index (χ1) is 36.1. The van der Waals surface area contributed by atoms with Gasteiger partial charge in [0.1, 0.15) is 6.04 Å². The van der Waals surface area contributed by atoms with Gasteiger partial charge in [0, 0.05) is 92.6 Å². The number of guanidine groups is 2. The van der Waals surface area contributed by atoms with E-state index in [-0.39, 0.29) is 60.7 Å². The number of hydrogen-bond donors (Lipinski definition) is 3. The van der Waals surface area contributed by atoms with Crippen LogP contribution in [0.2, 0.25) is 0 Å². The highest BCUT2D eigenvalue weighted by Crippen LogP contribution is 2.38. The summed E-state index contributed by atoms with van der Waals surface area (Å²) in [7, 11) is 2.99. The molecule has 0 saturated carbocycles. The topological polar surface area (TPSA) is 131 Å². The lowest BCUT2D eigenvalue weighted by Crippen LogP contribution is -2.56. The summed E-state index contributed by atoms with van der Waals surface area (Å²) in [6.45, 7) is 6.19. The molecule has 4 aromatic rings. The Bertz CT molecular complexity index is 2550. The molecule has 0 radical (unpaired) electrons. The van der Waals surface area contributed by atoms with E-state index in [0.29, 0.717) is 82.6 Å². The van der Waals surface area contributed by atoms with Crippen molar-refractivity contribution in [1.29, 1.82) is 10.8 Å². The van der Waals surface area contributed by atoms with Crippen molar-refractivity contribution in [3.05, 3.63) is 142 Å². The molecular weight excluding hydrogens is 1040 g/mol. The fraction of sp³-hybridized carbons (Fsp3) is 0.472. The van der Waals surface area contributed by atoms with E-state index in [9.17, 15) is 62.3 Å². The smallest absolute Gasteiger partial charge is 0.370 e. The molecule has 3 aliphatic heterocycles. The summed E-state index contributed by atoms with van der Waals surface area (Å²) in [5, 5.41) is 16.2. The predicted octanol–water partition coefficient (Wildman–Crippen LogP) is 9.48. The Kier molecular flexibility index (Phi) is 19.6. The van der Waals surface area contributed by atoms with Crippen molar-refractivity contribution < 1.29 is 62.3 Å². The van der Waals surface area contributed by atoms with Gasteiger partial charge in [-0.15, -0.1) is 0 Å². The summed E-state index contributed by atoms with van der Waals surface area (Å²) in [5.41, 5.74) is 1.08. The van der Waals surface area contributed by atoms with Gasteiger partial charge in [-0.3, -0.25) is 30.2 Å². The number of nitrogens with one attached hydrogen (secondary N) is 2. The van der Waals surface area contributed by atoms with Gasteiger partial charge >= 0.3 is 24.7 Å². The number of alkyl halides is 12. The van der Waals surface area contributed by atoms with Gasteiger partial charge in [-0.05, 0) is 84.3 Å². The molecule has 3 aliphatic rings. The molecule has 3 fully saturated rings. The third-order valence-electron chi connectivity index (χ3n) is 13.9. The maximum absolute atomic E-state index is 13.7. The molecule has 2 amide bonds. The third kappa shape index (κ3) is 16.5. The Hall–Kier alpha value is -6.56. The van der Waals surface area contributed by atoms with Crippen molar-refractivity contribution in [2.75, 3.05) is 92.6 Å². The Labute approximate surface area is 439 Å². The van der Waals surface area contributed by atoms with E-state index in [1.165, 1.54) is 30.3 Å². The maximum Gasteiger partial charge on any atom is 0.416 e.